The van der Waals surface area contributed by atoms with Gasteiger partial charge in [0.2, 0.25) is 15.9 Å². The van der Waals surface area contributed by atoms with Gasteiger partial charge in [0.15, 0.2) is 0 Å². The Morgan fingerprint density at radius 2 is 1.76 bits per heavy atom. The number of nitrogens with one attached hydrogen (secondary N) is 2. The molecule has 8 nitrogen and oxygen atoms in total. The molecular formula is C16H24N2O6S. The Balaban J connectivity index is 2.47. The standard InChI is InChI=1S/C16H24N2O6S/c1-11(2)24-8-9-25(22,23)17-10-15(19)18-14-6-4-13(5-7-14)12(3)16(20)21/h4-7,11-12,17H,8-10H2,1-3H3,(H,18,19)(H,20,21). The highest BCUT2D eigenvalue weighted by Gasteiger charge is 2.15. The summed E-state index contributed by atoms with van der Waals surface area (Å²) in [5.41, 5.74) is 1.06. The predicted octanol–water partition coefficient (Wildman–Crippen LogP) is 1.16. The average Bonchev–Trinajstić information content (AvgIpc) is 2.52. The number of hydrogen-bond donors (Lipinski definition) is 3. The summed E-state index contributed by atoms with van der Waals surface area (Å²) in [6.07, 6.45) is -0.0645. The van der Waals surface area contributed by atoms with E-state index in [1.165, 1.54) is 0 Å². The maximum Gasteiger partial charge on any atom is 0.310 e. The number of benzene rings is 1. The number of carbonyl (C=O) groups excluding carboxylic acids is 1. The molecule has 1 amide bonds. The van der Waals surface area contributed by atoms with Crippen LogP contribution in [0.3, 0.4) is 0 Å². The molecule has 0 saturated heterocycles. The van der Waals surface area contributed by atoms with Crippen molar-refractivity contribution in [3.63, 3.8) is 0 Å². The molecule has 1 rings (SSSR count). The largest absolute Gasteiger partial charge is 0.481 e. The molecule has 1 unspecified atom stereocenters. The summed E-state index contributed by atoms with van der Waals surface area (Å²) in [6.45, 7) is 4.83. The highest BCUT2D eigenvalue weighted by atomic mass is 32.2. The van der Waals surface area contributed by atoms with Gasteiger partial charge in [0.05, 0.1) is 30.9 Å². The number of carboxylic acid groups (broad SMARTS) is 1. The fraction of sp³-hybridized carbons (Fsp3) is 0.500. The van der Waals surface area contributed by atoms with Gasteiger partial charge >= 0.3 is 5.97 Å². The fourth-order valence-electron chi connectivity index (χ4n) is 1.84. The maximum atomic E-state index is 11.8. The fourth-order valence-corrected chi connectivity index (χ4v) is 2.66. The quantitative estimate of drug-likeness (QED) is 0.566. The molecule has 0 saturated carbocycles. The third-order valence-electron chi connectivity index (χ3n) is 3.32. The molecule has 140 valence electrons. The molecular weight excluding hydrogens is 348 g/mol. The van der Waals surface area contributed by atoms with Gasteiger partial charge in [-0.1, -0.05) is 12.1 Å². The van der Waals surface area contributed by atoms with Crippen LogP contribution in [0.25, 0.3) is 0 Å². The van der Waals surface area contributed by atoms with Crippen LogP contribution in [0.15, 0.2) is 24.3 Å². The van der Waals surface area contributed by atoms with E-state index in [9.17, 15) is 18.0 Å². The number of hydrogen-bond acceptors (Lipinski definition) is 5. The number of rotatable bonds is 10. The topological polar surface area (TPSA) is 122 Å². The maximum absolute atomic E-state index is 11.8. The molecule has 0 aromatic heterocycles. The Kier molecular flexibility index (Phi) is 8.01. The SMILES string of the molecule is CC(C)OCCS(=O)(=O)NCC(=O)Nc1ccc(C(C)C(=O)O)cc1. The van der Waals surface area contributed by atoms with Crippen molar-refractivity contribution in [1.29, 1.82) is 0 Å². The third kappa shape index (κ3) is 8.10. The van der Waals surface area contributed by atoms with E-state index in [0.717, 1.165) is 0 Å². The lowest BCUT2D eigenvalue weighted by Gasteiger charge is -2.11. The number of amides is 1. The molecule has 3 N–H and O–H groups in total. The Hall–Kier alpha value is -1.97. The second kappa shape index (κ2) is 9.50. The highest BCUT2D eigenvalue weighted by Crippen LogP contribution is 2.18. The average molecular weight is 372 g/mol. The van der Waals surface area contributed by atoms with Gasteiger partial charge in [0, 0.05) is 5.69 Å². The zero-order valence-electron chi connectivity index (χ0n) is 14.5. The second-order valence-electron chi connectivity index (χ2n) is 5.79. The van der Waals surface area contributed by atoms with Gasteiger partial charge in [-0.05, 0) is 38.5 Å². The third-order valence-corrected chi connectivity index (χ3v) is 4.61. The molecule has 1 aromatic rings. The zero-order valence-corrected chi connectivity index (χ0v) is 15.3. The summed E-state index contributed by atoms with van der Waals surface area (Å²) < 4.78 is 30.8. The van der Waals surface area contributed by atoms with Crippen molar-refractivity contribution in [1.82, 2.24) is 4.72 Å². The summed E-state index contributed by atoms with van der Waals surface area (Å²) in [7, 11) is -3.59. The molecule has 1 aromatic carbocycles. The minimum atomic E-state index is -3.59. The number of carboxylic acids is 1. The molecule has 25 heavy (non-hydrogen) atoms. The van der Waals surface area contributed by atoms with Crippen molar-refractivity contribution in [2.45, 2.75) is 32.8 Å². The number of anilines is 1. The molecule has 0 spiro atoms. The lowest BCUT2D eigenvalue weighted by atomic mass is 10.0. The van der Waals surface area contributed by atoms with Crippen LogP contribution >= 0.6 is 0 Å². The summed E-state index contributed by atoms with van der Waals surface area (Å²) in [5, 5.41) is 11.5. The van der Waals surface area contributed by atoms with Gasteiger partial charge in [-0.15, -0.1) is 0 Å². The normalized spacial score (nSPS) is 12.8. The highest BCUT2D eigenvalue weighted by molar-refractivity contribution is 7.89. The molecule has 1 atom stereocenters. The van der Waals surface area contributed by atoms with E-state index >= 15 is 0 Å². The molecule has 0 radical (unpaired) electrons. The Morgan fingerprint density at radius 1 is 1.16 bits per heavy atom. The summed E-state index contributed by atoms with van der Waals surface area (Å²) >= 11 is 0. The summed E-state index contributed by atoms with van der Waals surface area (Å²) in [6, 6.07) is 6.33. The van der Waals surface area contributed by atoms with E-state index < -0.39 is 34.4 Å². The molecule has 9 heteroatoms. The Morgan fingerprint density at radius 3 is 2.28 bits per heavy atom. The van der Waals surface area contributed by atoms with Crippen LogP contribution in [0.4, 0.5) is 5.69 Å². The van der Waals surface area contributed by atoms with E-state index in [-0.39, 0.29) is 18.5 Å². The molecule has 0 fully saturated rings. The van der Waals surface area contributed by atoms with Crippen molar-refractivity contribution < 1.29 is 27.9 Å². The van der Waals surface area contributed by atoms with Crippen LogP contribution in [0.1, 0.15) is 32.3 Å². The number of ether oxygens (including phenoxy) is 1. The first-order chi connectivity index (χ1) is 11.6. The van der Waals surface area contributed by atoms with Gasteiger partial charge in [0.1, 0.15) is 0 Å². The minimum absolute atomic E-state index is 0.0534. The van der Waals surface area contributed by atoms with Crippen LogP contribution in [0.2, 0.25) is 0 Å². The van der Waals surface area contributed by atoms with Gasteiger partial charge in [0.25, 0.3) is 0 Å². The van der Waals surface area contributed by atoms with Crippen LogP contribution in [-0.2, 0) is 24.3 Å². The lowest BCUT2D eigenvalue weighted by Crippen LogP contribution is -2.35. The minimum Gasteiger partial charge on any atom is -0.481 e. The van der Waals surface area contributed by atoms with Crippen LogP contribution in [0.5, 0.6) is 0 Å². The first-order valence-corrected chi connectivity index (χ1v) is 9.47. The van der Waals surface area contributed by atoms with Crippen LogP contribution < -0.4 is 10.0 Å². The van der Waals surface area contributed by atoms with E-state index in [0.29, 0.717) is 11.3 Å². The van der Waals surface area contributed by atoms with Gasteiger partial charge in [-0.2, -0.15) is 0 Å². The van der Waals surface area contributed by atoms with E-state index in [1.807, 2.05) is 0 Å². The lowest BCUT2D eigenvalue weighted by molar-refractivity contribution is -0.138. The monoisotopic (exact) mass is 372 g/mol. The van der Waals surface area contributed by atoms with Crippen molar-refractivity contribution in [2.24, 2.45) is 0 Å². The van der Waals surface area contributed by atoms with E-state index in [1.54, 1.807) is 45.0 Å². The Labute approximate surface area is 147 Å². The van der Waals surface area contributed by atoms with E-state index in [2.05, 4.69) is 10.0 Å². The number of aliphatic carboxylic acids is 1. The molecule has 0 heterocycles. The van der Waals surface area contributed by atoms with Crippen LogP contribution in [0, 0.1) is 0 Å². The number of sulfonamides is 1. The van der Waals surface area contributed by atoms with Gasteiger partial charge in [-0.3, -0.25) is 9.59 Å². The predicted molar refractivity (Wildman–Crippen MR) is 94.0 cm³/mol. The van der Waals surface area contributed by atoms with E-state index in [4.69, 9.17) is 9.84 Å². The molecule has 0 bridgehead atoms. The molecule has 0 aliphatic rings. The number of carbonyl (C=O) groups is 2. The van der Waals surface area contributed by atoms with Crippen molar-refractivity contribution >= 4 is 27.6 Å². The summed E-state index contributed by atoms with van der Waals surface area (Å²) in [5.74, 6) is -2.33. The Bertz CT molecular complexity index is 685. The van der Waals surface area contributed by atoms with Crippen molar-refractivity contribution in [3.05, 3.63) is 29.8 Å². The van der Waals surface area contributed by atoms with Crippen LogP contribution in [-0.4, -0.2) is 50.4 Å². The zero-order chi connectivity index (χ0) is 19.0. The molecule has 0 aliphatic heterocycles. The summed E-state index contributed by atoms with van der Waals surface area (Å²) in [4.78, 5) is 22.7. The van der Waals surface area contributed by atoms with Crippen molar-refractivity contribution in [3.8, 4) is 0 Å². The first-order valence-electron chi connectivity index (χ1n) is 7.82. The second-order valence-corrected chi connectivity index (χ2v) is 7.72. The molecule has 0 aliphatic carbocycles. The van der Waals surface area contributed by atoms with Gasteiger partial charge < -0.3 is 15.2 Å². The van der Waals surface area contributed by atoms with Gasteiger partial charge in [-0.25, -0.2) is 13.1 Å². The smallest absolute Gasteiger partial charge is 0.310 e. The first kappa shape index (κ1) is 21.1. The van der Waals surface area contributed by atoms with Crippen molar-refractivity contribution in [2.75, 3.05) is 24.2 Å².